The molecule has 1 aromatic rings. The molecule has 3 N–H and O–H groups in total. The highest BCUT2D eigenvalue weighted by Crippen LogP contribution is 2.30. The lowest BCUT2D eigenvalue weighted by Gasteiger charge is -2.31. The number of alkyl halides is 3. The van der Waals surface area contributed by atoms with Crippen molar-refractivity contribution in [1.82, 2.24) is 25.7 Å². The van der Waals surface area contributed by atoms with E-state index in [-0.39, 0.29) is 24.2 Å². The first kappa shape index (κ1) is 23.8. The zero-order chi connectivity index (χ0) is 22.5. The number of carbonyl (C=O) groups excluding carboxylic acids is 1. The molecule has 0 saturated heterocycles. The molecule has 0 spiro atoms. The molecule has 0 atom stereocenters. The topological polar surface area (TPSA) is 92.6 Å². The first-order valence-electron chi connectivity index (χ1n) is 9.94. The van der Waals surface area contributed by atoms with E-state index in [9.17, 15) is 18.0 Å². The molecule has 0 aliphatic heterocycles. The monoisotopic (exact) mass is 432 g/mol. The molecule has 2 rings (SSSR count). The lowest BCUT2D eigenvalue weighted by atomic mass is 9.91. The number of halogens is 3. The van der Waals surface area contributed by atoms with Crippen molar-refractivity contribution in [3.05, 3.63) is 17.5 Å². The van der Waals surface area contributed by atoms with Crippen molar-refractivity contribution < 1.29 is 22.7 Å². The summed E-state index contributed by atoms with van der Waals surface area (Å²) in [7, 11) is 3.02. The Kier molecular flexibility index (Phi) is 7.59. The number of aliphatic imine (C=N–C) groups is 1. The van der Waals surface area contributed by atoms with E-state index in [2.05, 4.69) is 26.0 Å². The summed E-state index contributed by atoms with van der Waals surface area (Å²) in [6.45, 7) is 5.40. The van der Waals surface area contributed by atoms with E-state index in [1.54, 1.807) is 7.05 Å². The van der Waals surface area contributed by atoms with Gasteiger partial charge in [0.2, 0.25) is 0 Å². The molecule has 1 aliphatic rings. The van der Waals surface area contributed by atoms with Crippen molar-refractivity contribution in [1.29, 1.82) is 0 Å². The second-order valence-corrected chi connectivity index (χ2v) is 8.44. The Balaban J connectivity index is 1.81. The molecule has 1 aliphatic carbocycles. The minimum Gasteiger partial charge on any atom is -0.444 e. The van der Waals surface area contributed by atoms with E-state index >= 15 is 0 Å². The van der Waals surface area contributed by atoms with Crippen molar-refractivity contribution in [3.8, 4) is 0 Å². The van der Waals surface area contributed by atoms with Crippen LogP contribution in [0.25, 0.3) is 0 Å². The molecule has 1 amide bonds. The Morgan fingerprint density at radius 2 is 1.77 bits per heavy atom. The van der Waals surface area contributed by atoms with Gasteiger partial charge in [0.25, 0.3) is 0 Å². The Labute approximate surface area is 174 Å². The molecule has 0 radical (unpaired) electrons. The number of carbonyl (C=O) groups is 1. The van der Waals surface area contributed by atoms with Crippen LogP contribution in [-0.2, 0) is 24.5 Å². The molecule has 8 nitrogen and oxygen atoms in total. The van der Waals surface area contributed by atoms with E-state index < -0.39 is 23.6 Å². The first-order valence-corrected chi connectivity index (χ1v) is 9.94. The van der Waals surface area contributed by atoms with Gasteiger partial charge >= 0.3 is 12.3 Å². The minimum atomic E-state index is -4.51. The van der Waals surface area contributed by atoms with Crippen LogP contribution in [-0.4, -0.2) is 46.6 Å². The zero-order valence-electron chi connectivity index (χ0n) is 18.1. The number of nitrogens with one attached hydrogen (secondary N) is 3. The van der Waals surface area contributed by atoms with Gasteiger partial charge in [-0.25, -0.2) is 4.79 Å². The van der Waals surface area contributed by atoms with Gasteiger partial charge < -0.3 is 20.7 Å². The summed E-state index contributed by atoms with van der Waals surface area (Å²) in [6, 6.07) is 0.154. The molecule has 170 valence electrons. The molecule has 0 unspecified atom stereocenters. The van der Waals surface area contributed by atoms with E-state index in [4.69, 9.17) is 4.74 Å². The number of rotatable bonds is 4. The molecule has 1 aromatic heterocycles. The Morgan fingerprint density at radius 1 is 1.20 bits per heavy atom. The summed E-state index contributed by atoms with van der Waals surface area (Å²) >= 11 is 0. The Bertz CT molecular complexity index is 746. The van der Waals surface area contributed by atoms with E-state index in [0.717, 1.165) is 30.4 Å². The average molecular weight is 432 g/mol. The van der Waals surface area contributed by atoms with Gasteiger partial charge in [-0.15, -0.1) is 0 Å². The molecule has 30 heavy (non-hydrogen) atoms. The van der Waals surface area contributed by atoms with E-state index in [1.807, 2.05) is 20.8 Å². The summed E-state index contributed by atoms with van der Waals surface area (Å²) in [6.07, 6.45) is -0.452. The quantitative estimate of drug-likeness (QED) is 0.503. The summed E-state index contributed by atoms with van der Waals surface area (Å²) in [5.41, 5.74) is -1.39. The highest BCUT2D eigenvalue weighted by Gasteiger charge is 2.36. The Morgan fingerprint density at radius 3 is 2.27 bits per heavy atom. The molecule has 0 aromatic carbocycles. The summed E-state index contributed by atoms with van der Waals surface area (Å²) < 4.78 is 45.6. The highest BCUT2D eigenvalue weighted by molar-refractivity contribution is 5.80. The third kappa shape index (κ3) is 7.42. The smallest absolute Gasteiger partial charge is 0.435 e. The van der Waals surface area contributed by atoms with E-state index in [0.29, 0.717) is 5.96 Å². The van der Waals surface area contributed by atoms with Gasteiger partial charge in [0, 0.05) is 44.5 Å². The number of aromatic nitrogens is 2. The summed E-state index contributed by atoms with van der Waals surface area (Å²) in [5.74, 6) is 0.426. The highest BCUT2D eigenvalue weighted by atomic mass is 19.4. The van der Waals surface area contributed by atoms with Crippen LogP contribution in [0.5, 0.6) is 0 Å². The van der Waals surface area contributed by atoms with Crippen molar-refractivity contribution in [2.75, 3.05) is 7.05 Å². The number of hydrogen-bond donors (Lipinski definition) is 3. The zero-order valence-corrected chi connectivity index (χ0v) is 18.1. The van der Waals surface area contributed by atoms with Crippen LogP contribution in [0.4, 0.5) is 18.0 Å². The third-order valence-electron chi connectivity index (χ3n) is 4.63. The van der Waals surface area contributed by atoms with Crippen LogP contribution < -0.4 is 16.0 Å². The second kappa shape index (κ2) is 9.57. The fourth-order valence-electron chi connectivity index (χ4n) is 3.33. The van der Waals surface area contributed by atoms with Gasteiger partial charge in [-0.3, -0.25) is 9.67 Å². The van der Waals surface area contributed by atoms with Crippen molar-refractivity contribution in [3.63, 3.8) is 0 Å². The first-order chi connectivity index (χ1) is 13.9. The van der Waals surface area contributed by atoms with E-state index in [1.165, 1.54) is 13.2 Å². The van der Waals surface area contributed by atoms with Crippen molar-refractivity contribution in [2.24, 2.45) is 12.0 Å². The second-order valence-electron chi connectivity index (χ2n) is 8.44. The molecule has 1 heterocycles. The van der Waals surface area contributed by atoms with Crippen molar-refractivity contribution >= 4 is 12.1 Å². The fraction of sp³-hybridized carbons (Fsp3) is 0.737. The van der Waals surface area contributed by atoms with Crippen LogP contribution in [0.2, 0.25) is 0 Å². The molecular formula is C19H31F3N6O2. The molecule has 11 heteroatoms. The maximum Gasteiger partial charge on any atom is 0.435 e. The van der Waals surface area contributed by atoms with Gasteiger partial charge in [-0.2, -0.15) is 18.3 Å². The van der Waals surface area contributed by atoms with Crippen LogP contribution >= 0.6 is 0 Å². The number of nitrogens with zero attached hydrogens (tertiary/aromatic N) is 3. The third-order valence-corrected chi connectivity index (χ3v) is 4.63. The number of amides is 1. The van der Waals surface area contributed by atoms with Gasteiger partial charge in [-0.05, 0) is 46.5 Å². The van der Waals surface area contributed by atoms with Crippen LogP contribution in [0.1, 0.15) is 57.7 Å². The normalized spacial score (nSPS) is 20.6. The fourth-order valence-corrected chi connectivity index (χ4v) is 3.33. The van der Waals surface area contributed by atoms with Gasteiger partial charge in [-0.1, -0.05) is 0 Å². The van der Waals surface area contributed by atoms with Gasteiger partial charge in [0.1, 0.15) is 5.60 Å². The van der Waals surface area contributed by atoms with Gasteiger partial charge in [0.05, 0.1) is 0 Å². The number of aryl methyl sites for hydroxylation is 1. The maximum atomic E-state index is 13.1. The van der Waals surface area contributed by atoms with Crippen LogP contribution in [0.3, 0.4) is 0 Å². The predicted molar refractivity (Wildman–Crippen MR) is 107 cm³/mol. The molecular weight excluding hydrogens is 401 g/mol. The predicted octanol–water partition coefficient (Wildman–Crippen LogP) is 2.94. The maximum absolute atomic E-state index is 13.1. The molecule has 0 bridgehead atoms. The number of alkyl carbamates (subject to hydrolysis) is 1. The SMILES string of the molecule is CN=C(NCc1cn(C)nc1C(F)(F)F)NC1CCC(NC(=O)OC(C)(C)C)CC1. The minimum absolute atomic E-state index is 0.0395. The van der Waals surface area contributed by atoms with Crippen molar-refractivity contribution in [2.45, 2.75) is 76.9 Å². The average Bonchev–Trinajstić information content (AvgIpc) is 2.99. The lowest BCUT2D eigenvalue weighted by Crippen LogP contribution is -2.48. The largest absolute Gasteiger partial charge is 0.444 e. The molecule has 1 saturated carbocycles. The summed E-state index contributed by atoms with van der Waals surface area (Å²) in [4.78, 5) is 16.0. The number of hydrogen-bond acceptors (Lipinski definition) is 4. The number of ether oxygens (including phenoxy) is 1. The molecule has 1 fully saturated rings. The Hall–Kier alpha value is -2.46. The van der Waals surface area contributed by atoms with Crippen LogP contribution in [0.15, 0.2) is 11.2 Å². The lowest BCUT2D eigenvalue weighted by molar-refractivity contribution is -0.142. The standard InChI is InChI=1S/C19H31F3N6O2/c1-18(2,3)30-17(29)26-14-8-6-13(7-9-14)25-16(23-4)24-10-12-11-28(5)27-15(12)19(20,21)22/h11,13-14H,6-10H2,1-5H3,(H,26,29)(H2,23,24,25). The van der Waals surface area contributed by atoms with Crippen LogP contribution in [0, 0.1) is 0 Å². The summed E-state index contributed by atoms with van der Waals surface area (Å²) in [5, 5.41) is 12.5. The van der Waals surface area contributed by atoms with Gasteiger partial charge in [0.15, 0.2) is 11.7 Å². The number of guanidine groups is 1.